The molecule has 1 aromatic rings. The van der Waals surface area contributed by atoms with Crippen molar-refractivity contribution in [2.24, 2.45) is 0 Å². The van der Waals surface area contributed by atoms with Crippen molar-refractivity contribution in [2.75, 3.05) is 26.2 Å². The van der Waals surface area contributed by atoms with Crippen molar-refractivity contribution in [1.82, 2.24) is 10.2 Å². The highest BCUT2D eigenvalue weighted by Gasteiger charge is 2.18. The van der Waals surface area contributed by atoms with Gasteiger partial charge >= 0.3 is 0 Å². The number of hydrogen-bond acceptors (Lipinski definition) is 3. The summed E-state index contributed by atoms with van der Waals surface area (Å²) in [6.07, 6.45) is 2.04. The first kappa shape index (κ1) is 15.9. The van der Waals surface area contributed by atoms with Crippen LogP contribution in [0.3, 0.4) is 0 Å². The fourth-order valence-electron chi connectivity index (χ4n) is 2.06. The summed E-state index contributed by atoms with van der Waals surface area (Å²) >= 11 is 11.8. The van der Waals surface area contributed by atoms with Gasteiger partial charge in [-0.05, 0) is 25.0 Å². The molecule has 1 aliphatic rings. The zero-order valence-electron chi connectivity index (χ0n) is 11.4. The number of halogens is 2. The van der Waals surface area contributed by atoms with E-state index in [1.807, 2.05) is 0 Å². The Labute approximate surface area is 133 Å². The van der Waals surface area contributed by atoms with Gasteiger partial charge in [0.15, 0.2) is 12.4 Å². The lowest BCUT2D eigenvalue weighted by atomic mass is 10.3. The maximum atomic E-state index is 11.8. The Balaban J connectivity index is 1.76. The van der Waals surface area contributed by atoms with E-state index in [-0.39, 0.29) is 24.8 Å². The monoisotopic (exact) mass is 330 g/mol. The molecule has 1 heterocycles. The summed E-state index contributed by atoms with van der Waals surface area (Å²) in [5, 5.41) is 3.20. The molecule has 0 saturated carbocycles. The Bertz CT molecular complexity index is 511. The van der Waals surface area contributed by atoms with Crippen molar-refractivity contribution < 1.29 is 14.3 Å². The smallest absolute Gasteiger partial charge is 0.258 e. The molecule has 114 valence electrons. The first-order chi connectivity index (χ1) is 10.1. The van der Waals surface area contributed by atoms with Crippen LogP contribution < -0.4 is 10.1 Å². The molecule has 1 aliphatic heterocycles. The van der Waals surface area contributed by atoms with Gasteiger partial charge in [0, 0.05) is 13.1 Å². The van der Waals surface area contributed by atoms with E-state index in [1.165, 1.54) is 0 Å². The number of carbonyl (C=O) groups excluding carboxylic acids is 2. The molecule has 0 aromatic heterocycles. The van der Waals surface area contributed by atoms with Crippen molar-refractivity contribution in [3.63, 3.8) is 0 Å². The van der Waals surface area contributed by atoms with Gasteiger partial charge in [-0.1, -0.05) is 29.3 Å². The van der Waals surface area contributed by atoms with Gasteiger partial charge in [0.2, 0.25) is 5.91 Å². The third-order valence-corrected chi connectivity index (χ3v) is 3.76. The van der Waals surface area contributed by atoms with Crippen LogP contribution in [-0.2, 0) is 9.59 Å². The second kappa shape index (κ2) is 7.52. The summed E-state index contributed by atoms with van der Waals surface area (Å²) in [5.41, 5.74) is 0. The minimum atomic E-state index is -0.390. The number of hydrogen-bond donors (Lipinski definition) is 1. The molecule has 1 N–H and O–H groups in total. The van der Waals surface area contributed by atoms with E-state index in [9.17, 15) is 9.59 Å². The summed E-state index contributed by atoms with van der Waals surface area (Å²) in [6.45, 7) is 1.27. The summed E-state index contributed by atoms with van der Waals surface area (Å²) in [6, 6.07) is 4.93. The van der Waals surface area contributed by atoms with Gasteiger partial charge in [-0.3, -0.25) is 9.59 Å². The minimum absolute atomic E-state index is 0.0154. The molecule has 0 atom stereocenters. The fraction of sp³-hybridized carbons (Fsp3) is 0.429. The zero-order valence-corrected chi connectivity index (χ0v) is 12.9. The number of likely N-dealkylation sites (tertiary alicyclic amines) is 1. The zero-order chi connectivity index (χ0) is 15.2. The van der Waals surface area contributed by atoms with Crippen molar-refractivity contribution in [3.05, 3.63) is 28.2 Å². The topological polar surface area (TPSA) is 58.6 Å². The van der Waals surface area contributed by atoms with E-state index in [0.717, 1.165) is 25.9 Å². The van der Waals surface area contributed by atoms with Gasteiger partial charge in [0.05, 0.1) is 16.6 Å². The lowest BCUT2D eigenvalue weighted by molar-refractivity contribution is -0.132. The predicted octanol–water partition coefficient (Wildman–Crippen LogP) is 2.11. The third kappa shape index (κ3) is 4.51. The van der Waals surface area contributed by atoms with Crippen LogP contribution >= 0.6 is 23.2 Å². The van der Waals surface area contributed by atoms with Crippen LogP contribution in [-0.4, -0.2) is 43.0 Å². The van der Waals surface area contributed by atoms with E-state index < -0.39 is 5.91 Å². The number of para-hydroxylation sites is 1. The third-order valence-electron chi connectivity index (χ3n) is 3.16. The first-order valence-corrected chi connectivity index (χ1v) is 7.45. The molecule has 21 heavy (non-hydrogen) atoms. The largest absolute Gasteiger partial charge is 0.481 e. The summed E-state index contributed by atoms with van der Waals surface area (Å²) in [4.78, 5) is 25.2. The van der Waals surface area contributed by atoms with Gasteiger partial charge in [-0.25, -0.2) is 0 Å². The average Bonchev–Trinajstić information content (AvgIpc) is 2.98. The van der Waals surface area contributed by atoms with E-state index in [4.69, 9.17) is 27.9 Å². The number of carbonyl (C=O) groups is 2. The Morgan fingerprint density at radius 3 is 2.43 bits per heavy atom. The molecule has 2 rings (SSSR count). The van der Waals surface area contributed by atoms with E-state index >= 15 is 0 Å². The standard InChI is InChI=1S/C14H16Cl2N2O3/c15-10-4-3-5-11(16)14(10)21-9-12(19)17-8-13(20)18-6-1-2-7-18/h3-5H,1-2,6-9H2,(H,17,19). The molecule has 0 bridgehead atoms. The molecular weight excluding hydrogens is 315 g/mol. The summed E-state index contributed by atoms with van der Waals surface area (Å²) in [7, 11) is 0. The number of nitrogens with zero attached hydrogens (tertiary/aromatic N) is 1. The van der Waals surface area contributed by atoms with Crippen LogP contribution in [0.25, 0.3) is 0 Å². The van der Waals surface area contributed by atoms with Crippen molar-refractivity contribution in [3.8, 4) is 5.75 Å². The summed E-state index contributed by atoms with van der Waals surface area (Å²) in [5.74, 6) is -0.197. The second-order valence-electron chi connectivity index (χ2n) is 4.70. The lowest BCUT2D eigenvalue weighted by Crippen LogP contribution is -2.40. The van der Waals surface area contributed by atoms with Crippen LogP contribution in [0.1, 0.15) is 12.8 Å². The summed E-state index contributed by atoms with van der Waals surface area (Å²) < 4.78 is 5.29. The molecular formula is C14H16Cl2N2O3. The van der Waals surface area contributed by atoms with Gasteiger partial charge in [-0.2, -0.15) is 0 Å². The lowest BCUT2D eigenvalue weighted by Gasteiger charge is -2.15. The van der Waals surface area contributed by atoms with E-state index in [1.54, 1.807) is 23.1 Å². The van der Waals surface area contributed by atoms with Gasteiger partial charge in [0.25, 0.3) is 5.91 Å². The van der Waals surface area contributed by atoms with Gasteiger partial charge in [-0.15, -0.1) is 0 Å². The number of ether oxygens (including phenoxy) is 1. The minimum Gasteiger partial charge on any atom is -0.481 e. The Morgan fingerprint density at radius 1 is 1.19 bits per heavy atom. The number of benzene rings is 1. The molecule has 5 nitrogen and oxygen atoms in total. The molecule has 0 unspecified atom stereocenters. The Hall–Kier alpha value is -1.46. The quantitative estimate of drug-likeness (QED) is 0.899. The number of rotatable bonds is 5. The van der Waals surface area contributed by atoms with Crippen molar-refractivity contribution in [1.29, 1.82) is 0 Å². The predicted molar refractivity (Wildman–Crippen MR) is 80.8 cm³/mol. The molecule has 0 radical (unpaired) electrons. The van der Waals surface area contributed by atoms with Crippen LogP contribution in [0.4, 0.5) is 0 Å². The van der Waals surface area contributed by atoms with Gasteiger partial charge < -0.3 is 15.0 Å². The van der Waals surface area contributed by atoms with Crippen LogP contribution in [0.5, 0.6) is 5.75 Å². The maximum Gasteiger partial charge on any atom is 0.258 e. The van der Waals surface area contributed by atoms with Crippen LogP contribution in [0, 0.1) is 0 Å². The van der Waals surface area contributed by atoms with Crippen LogP contribution in [0.2, 0.25) is 10.0 Å². The highest BCUT2D eigenvalue weighted by Crippen LogP contribution is 2.32. The first-order valence-electron chi connectivity index (χ1n) is 6.69. The van der Waals surface area contributed by atoms with E-state index in [0.29, 0.717) is 10.0 Å². The highest BCUT2D eigenvalue weighted by molar-refractivity contribution is 6.37. The molecule has 0 spiro atoms. The highest BCUT2D eigenvalue weighted by atomic mass is 35.5. The molecule has 1 fully saturated rings. The molecule has 7 heteroatoms. The fourth-order valence-corrected chi connectivity index (χ4v) is 2.57. The van der Waals surface area contributed by atoms with Crippen molar-refractivity contribution in [2.45, 2.75) is 12.8 Å². The Kier molecular flexibility index (Phi) is 5.70. The Morgan fingerprint density at radius 2 is 1.81 bits per heavy atom. The second-order valence-corrected chi connectivity index (χ2v) is 5.52. The van der Waals surface area contributed by atoms with E-state index in [2.05, 4.69) is 5.32 Å². The number of nitrogens with one attached hydrogen (secondary N) is 1. The SMILES string of the molecule is O=C(COc1c(Cl)cccc1Cl)NCC(=O)N1CCCC1. The van der Waals surface area contributed by atoms with Crippen LogP contribution in [0.15, 0.2) is 18.2 Å². The molecule has 2 amide bonds. The average molecular weight is 331 g/mol. The molecule has 0 aliphatic carbocycles. The van der Waals surface area contributed by atoms with Gasteiger partial charge in [0.1, 0.15) is 0 Å². The maximum absolute atomic E-state index is 11.8. The molecule has 1 saturated heterocycles. The number of amides is 2. The molecule has 1 aromatic carbocycles. The normalized spacial score (nSPS) is 14.1. The van der Waals surface area contributed by atoms with Crippen molar-refractivity contribution >= 4 is 35.0 Å².